The number of imidazole rings is 1. The molecule has 2 bridgehead atoms. The first-order valence-electron chi connectivity index (χ1n) is 9.74. The first kappa shape index (κ1) is 18.2. The van der Waals surface area contributed by atoms with Crippen molar-refractivity contribution >= 4 is 17.0 Å². The molecule has 2 aliphatic rings. The van der Waals surface area contributed by atoms with Gasteiger partial charge in [0.25, 0.3) is 0 Å². The van der Waals surface area contributed by atoms with E-state index in [1.54, 1.807) is 53.8 Å². The second kappa shape index (κ2) is 6.35. The number of benzene rings is 1. The Hall–Kier alpha value is -3.80. The summed E-state index contributed by atoms with van der Waals surface area (Å²) < 4.78 is 8.12. The molecule has 1 N–H and O–H groups in total. The molecule has 9 nitrogen and oxygen atoms in total. The Morgan fingerprint density at radius 2 is 2.17 bits per heavy atom. The van der Waals surface area contributed by atoms with Gasteiger partial charge in [0.15, 0.2) is 0 Å². The van der Waals surface area contributed by atoms with Crippen LogP contribution < -0.4 is 5.69 Å². The summed E-state index contributed by atoms with van der Waals surface area (Å²) in [6.45, 7) is 3.92. The van der Waals surface area contributed by atoms with Crippen LogP contribution in [-0.4, -0.2) is 42.9 Å². The van der Waals surface area contributed by atoms with Gasteiger partial charge in [-0.05, 0) is 44.5 Å². The zero-order chi connectivity index (χ0) is 21.2. The van der Waals surface area contributed by atoms with Crippen molar-refractivity contribution in [2.45, 2.75) is 38.5 Å². The number of carbonyl (C=O) groups is 1. The van der Waals surface area contributed by atoms with Crippen molar-refractivity contribution in [3.8, 4) is 17.6 Å². The lowest BCUT2D eigenvalue weighted by Crippen LogP contribution is -2.38. The molecule has 0 saturated carbocycles. The number of pyridine rings is 1. The lowest BCUT2D eigenvalue weighted by molar-refractivity contribution is 0.0688. The Morgan fingerprint density at radius 1 is 1.37 bits per heavy atom. The van der Waals surface area contributed by atoms with E-state index in [1.165, 1.54) is 4.57 Å². The highest BCUT2D eigenvalue weighted by Crippen LogP contribution is 2.49. The van der Waals surface area contributed by atoms with E-state index < -0.39 is 12.1 Å². The van der Waals surface area contributed by atoms with Crippen LogP contribution in [0.5, 0.6) is 5.88 Å². The average Bonchev–Trinajstić information content (AvgIpc) is 3.38. The van der Waals surface area contributed by atoms with E-state index in [0.29, 0.717) is 40.8 Å². The minimum atomic E-state index is -0.448. The summed E-state index contributed by atoms with van der Waals surface area (Å²) in [5.41, 5.74) is 1.33. The molecule has 0 spiro atoms. The van der Waals surface area contributed by atoms with Gasteiger partial charge < -0.3 is 9.84 Å². The lowest BCUT2D eigenvalue weighted by atomic mass is 10.1. The van der Waals surface area contributed by atoms with E-state index in [-0.39, 0.29) is 23.7 Å². The number of amides is 1. The summed E-state index contributed by atoms with van der Waals surface area (Å²) in [6.07, 6.45) is 1.45. The molecule has 4 heterocycles. The zero-order valence-corrected chi connectivity index (χ0v) is 16.4. The summed E-state index contributed by atoms with van der Waals surface area (Å²) in [7, 11) is 0. The zero-order valence-electron chi connectivity index (χ0n) is 16.4. The van der Waals surface area contributed by atoms with Gasteiger partial charge >= 0.3 is 11.8 Å². The van der Waals surface area contributed by atoms with Crippen LogP contribution in [0, 0.1) is 11.3 Å². The Kier molecular flexibility index (Phi) is 3.86. The fraction of sp³-hybridized carbons (Fsp3) is 0.333. The van der Waals surface area contributed by atoms with Gasteiger partial charge in [0.2, 0.25) is 5.88 Å². The Morgan fingerprint density at radius 3 is 2.90 bits per heavy atom. The molecule has 2 unspecified atom stereocenters. The fourth-order valence-electron chi connectivity index (χ4n) is 4.58. The third-order valence-electron chi connectivity index (χ3n) is 5.74. The third-order valence-corrected chi connectivity index (χ3v) is 5.74. The molecule has 152 valence electrons. The highest BCUT2D eigenvalue weighted by Gasteiger charge is 2.50. The van der Waals surface area contributed by atoms with E-state index >= 15 is 0 Å². The van der Waals surface area contributed by atoms with E-state index in [0.717, 1.165) is 0 Å². The molecule has 3 aromatic rings. The molecule has 2 aromatic heterocycles. The quantitative estimate of drug-likeness (QED) is 0.701. The highest BCUT2D eigenvalue weighted by atomic mass is 16.6. The largest absolute Gasteiger partial charge is 0.493 e. The van der Waals surface area contributed by atoms with E-state index in [9.17, 15) is 20.0 Å². The molecule has 1 amide bonds. The molecule has 30 heavy (non-hydrogen) atoms. The predicted octanol–water partition coefficient (Wildman–Crippen LogP) is 2.61. The summed E-state index contributed by atoms with van der Waals surface area (Å²) >= 11 is 0. The van der Waals surface area contributed by atoms with Crippen molar-refractivity contribution in [3.63, 3.8) is 0 Å². The normalized spacial score (nSPS) is 19.3. The van der Waals surface area contributed by atoms with Crippen LogP contribution in [0.15, 0.2) is 35.3 Å². The SMILES string of the molecule is CC(C)OC(=O)N1CC2CC1c1c(O)n(-c3ccc(C#N)c4ncccc34)c(=O)n12. The third kappa shape index (κ3) is 2.37. The number of nitrogens with zero attached hydrogens (tertiary/aromatic N) is 5. The second-order valence-corrected chi connectivity index (χ2v) is 7.83. The van der Waals surface area contributed by atoms with Crippen LogP contribution in [0.3, 0.4) is 0 Å². The molecule has 1 fully saturated rings. The van der Waals surface area contributed by atoms with Crippen LogP contribution in [-0.2, 0) is 4.74 Å². The number of hydrogen-bond acceptors (Lipinski definition) is 6. The molecule has 0 radical (unpaired) electrons. The first-order chi connectivity index (χ1) is 14.4. The lowest BCUT2D eigenvalue weighted by Gasteiger charge is -2.27. The van der Waals surface area contributed by atoms with Crippen LogP contribution in [0.25, 0.3) is 16.6 Å². The van der Waals surface area contributed by atoms with Crippen molar-refractivity contribution in [2.75, 3.05) is 6.54 Å². The van der Waals surface area contributed by atoms with Gasteiger partial charge in [-0.1, -0.05) is 0 Å². The van der Waals surface area contributed by atoms with E-state index in [2.05, 4.69) is 11.1 Å². The number of aromatic nitrogens is 3. The predicted molar refractivity (Wildman–Crippen MR) is 106 cm³/mol. The number of rotatable bonds is 2. The van der Waals surface area contributed by atoms with Crippen LogP contribution >= 0.6 is 0 Å². The number of hydrogen-bond donors (Lipinski definition) is 1. The van der Waals surface area contributed by atoms with Gasteiger partial charge in [0, 0.05) is 18.1 Å². The molecule has 1 aromatic carbocycles. The van der Waals surface area contributed by atoms with Gasteiger partial charge in [-0.15, -0.1) is 0 Å². The summed E-state index contributed by atoms with van der Waals surface area (Å²) in [5, 5.41) is 21.0. The van der Waals surface area contributed by atoms with E-state index in [1.807, 2.05) is 0 Å². The summed E-state index contributed by atoms with van der Waals surface area (Å²) in [5.74, 6) is -0.204. The van der Waals surface area contributed by atoms with E-state index in [4.69, 9.17) is 4.74 Å². The maximum Gasteiger partial charge on any atom is 0.410 e. The summed E-state index contributed by atoms with van der Waals surface area (Å²) in [6, 6.07) is 8.15. The number of fused-ring (bicyclic) bond motifs is 6. The smallest absolute Gasteiger partial charge is 0.410 e. The van der Waals surface area contributed by atoms with Crippen LogP contribution in [0.2, 0.25) is 0 Å². The summed E-state index contributed by atoms with van der Waals surface area (Å²) in [4.78, 5) is 31.6. The molecule has 2 aliphatic heterocycles. The number of carbonyl (C=O) groups excluding carboxylic acids is 1. The van der Waals surface area contributed by atoms with Crippen molar-refractivity contribution in [2.24, 2.45) is 0 Å². The van der Waals surface area contributed by atoms with Gasteiger partial charge in [-0.25, -0.2) is 14.2 Å². The number of likely N-dealkylation sites (tertiary alicyclic amines) is 1. The number of nitriles is 1. The monoisotopic (exact) mass is 405 g/mol. The average molecular weight is 405 g/mol. The highest BCUT2D eigenvalue weighted by molar-refractivity contribution is 5.91. The van der Waals surface area contributed by atoms with Crippen molar-refractivity contribution in [3.05, 3.63) is 52.2 Å². The Labute approximate surface area is 171 Å². The maximum absolute atomic E-state index is 13.3. The molecule has 2 atom stereocenters. The maximum atomic E-state index is 13.3. The second-order valence-electron chi connectivity index (χ2n) is 7.83. The molecular weight excluding hydrogens is 386 g/mol. The van der Waals surface area contributed by atoms with Crippen molar-refractivity contribution < 1.29 is 14.6 Å². The number of ether oxygens (including phenoxy) is 1. The topological polar surface area (TPSA) is 113 Å². The standard InChI is InChI=1S/C21H19N5O4/c1-11(2)30-21(29)24-10-13-8-16(24)18-19(27)26(20(28)25(13)18)15-6-5-12(9-22)17-14(15)4-3-7-23-17/h3-7,11,13,16,27H,8,10H2,1-2H3. The molecule has 1 saturated heterocycles. The minimum absolute atomic E-state index is 0.204. The van der Waals surface area contributed by atoms with Crippen LogP contribution in [0.1, 0.15) is 43.6 Å². The number of aromatic hydroxyl groups is 1. The first-order valence-corrected chi connectivity index (χ1v) is 9.74. The molecule has 5 rings (SSSR count). The van der Waals surface area contributed by atoms with Crippen molar-refractivity contribution in [1.29, 1.82) is 5.26 Å². The molecular formula is C21H19N5O4. The minimum Gasteiger partial charge on any atom is -0.493 e. The van der Waals surface area contributed by atoms with Gasteiger partial charge in [-0.3, -0.25) is 14.5 Å². The Balaban J connectivity index is 1.66. The molecule has 9 heteroatoms. The fourth-order valence-corrected chi connectivity index (χ4v) is 4.58. The van der Waals surface area contributed by atoms with Crippen molar-refractivity contribution in [1.82, 2.24) is 19.0 Å². The van der Waals surface area contributed by atoms with Gasteiger partial charge in [0.05, 0.1) is 35.0 Å². The van der Waals surface area contributed by atoms with Gasteiger partial charge in [0.1, 0.15) is 11.8 Å². The van der Waals surface area contributed by atoms with Gasteiger partial charge in [-0.2, -0.15) is 5.26 Å². The van der Waals surface area contributed by atoms with Crippen LogP contribution in [0.4, 0.5) is 4.79 Å². The Bertz CT molecular complexity index is 1300. The molecule has 0 aliphatic carbocycles.